The topological polar surface area (TPSA) is 3.24 Å². The van der Waals surface area contributed by atoms with Crippen molar-refractivity contribution in [2.45, 2.75) is 13.3 Å². The van der Waals surface area contributed by atoms with Gasteiger partial charge in [-0.25, -0.2) is 5.12 Å². The molecule has 7 heavy (non-hydrogen) atoms. The number of halogens is 1. The maximum absolute atomic E-state index is 11.8. The molecule has 2 heteroatoms. The monoisotopic (exact) mass is 103 g/mol. The Kier molecular flexibility index (Phi) is 3.38. The van der Waals surface area contributed by atoms with E-state index in [0.29, 0.717) is 11.7 Å². The lowest BCUT2D eigenvalue weighted by molar-refractivity contribution is 0.0904. The van der Waals surface area contributed by atoms with Crippen LogP contribution in [0, 0.1) is 0 Å². The molecule has 0 aliphatic carbocycles. The van der Waals surface area contributed by atoms with Gasteiger partial charge in [0, 0.05) is 12.7 Å². The second-order valence-electron chi connectivity index (χ2n) is 1.31. The first-order chi connectivity index (χ1) is 3.31. The summed E-state index contributed by atoms with van der Waals surface area (Å²) >= 11 is 0. The van der Waals surface area contributed by atoms with Gasteiger partial charge in [0.05, 0.1) is 0 Å². The van der Waals surface area contributed by atoms with E-state index in [1.807, 2.05) is 6.92 Å². The zero-order chi connectivity index (χ0) is 5.70. The lowest BCUT2D eigenvalue weighted by Gasteiger charge is -2.02. The van der Waals surface area contributed by atoms with E-state index in [0.717, 1.165) is 6.42 Å². The Hall–Kier alpha value is -0.530. The van der Waals surface area contributed by atoms with Crippen LogP contribution in [0.2, 0.25) is 0 Å². The van der Waals surface area contributed by atoms with E-state index in [2.05, 4.69) is 6.58 Å². The van der Waals surface area contributed by atoms with Crippen molar-refractivity contribution in [3.05, 3.63) is 12.8 Å². The van der Waals surface area contributed by atoms with Gasteiger partial charge in [-0.1, -0.05) is 13.5 Å². The molecule has 0 atom stereocenters. The summed E-state index contributed by atoms with van der Waals surface area (Å²) < 4.78 is 11.8. The molecule has 0 bridgehead atoms. The van der Waals surface area contributed by atoms with Gasteiger partial charge in [0.1, 0.15) is 0 Å². The number of hydrogen-bond acceptors (Lipinski definition) is 1. The summed E-state index contributed by atoms with van der Waals surface area (Å²) in [5, 5.41) is 0.569. The molecule has 0 N–H and O–H groups in total. The molecule has 0 saturated carbocycles. The van der Waals surface area contributed by atoms with Gasteiger partial charge < -0.3 is 0 Å². The molecule has 0 unspecified atom stereocenters. The van der Waals surface area contributed by atoms with Crippen LogP contribution in [0.5, 0.6) is 0 Å². The van der Waals surface area contributed by atoms with Crippen LogP contribution < -0.4 is 0 Å². The van der Waals surface area contributed by atoms with Gasteiger partial charge in [0.15, 0.2) is 0 Å². The molecule has 42 valence electrons. The lowest BCUT2D eigenvalue weighted by atomic mass is 10.5. The van der Waals surface area contributed by atoms with Gasteiger partial charge in [-0.3, -0.25) is 0 Å². The van der Waals surface area contributed by atoms with Gasteiger partial charge in [-0.15, -0.1) is 4.48 Å². The minimum atomic E-state index is 0.448. The van der Waals surface area contributed by atoms with Crippen LogP contribution in [-0.4, -0.2) is 11.7 Å². The predicted octanol–water partition coefficient (Wildman–Crippen LogP) is 1.73. The van der Waals surface area contributed by atoms with Crippen LogP contribution in [0.25, 0.3) is 0 Å². The summed E-state index contributed by atoms with van der Waals surface area (Å²) in [7, 11) is 0. The van der Waals surface area contributed by atoms with E-state index < -0.39 is 0 Å². The zero-order valence-corrected chi connectivity index (χ0v) is 4.52. The highest BCUT2D eigenvalue weighted by atomic mass is 19.2. The van der Waals surface area contributed by atoms with Crippen LogP contribution in [0.1, 0.15) is 13.3 Å². The molecule has 0 radical (unpaired) electrons. The summed E-state index contributed by atoms with van der Waals surface area (Å²) in [6, 6.07) is 0. The van der Waals surface area contributed by atoms with Crippen LogP contribution >= 0.6 is 0 Å². The highest BCUT2D eigenvalue weighted by Crippen LogP contribution is 1.88. The fraction of sp³-hybridized carbons (Fsp3) is 0.600. The minimum Gasteiger partial charge on any atom is -0.220 e. The summed E-state index contributed by atoms with van der Waals surface area (Å²) in [5.41, 5.74) is 0. The smallest absolute Gasteiger partial charge is 0.0496 e. The van der Waals surface area contributed by atoms with Crippen molar-refractivity contribution >= 4 is 0 Å². The third-order valence-electron chi connectivity index (χ3n) is 0.635. The van der Waals surface area contributed by atoms with Crippen LogP contribution in [0.15, 0.2) is 12.8 Å². The molecule has 0 aliphatic rings. The fourth-order valence-corrected chi connectivity index (χ4v) is 0.305. The predicted molar refractivity (Wildman–Crippen MR) is 28.3 cm³/mol. The summed E-state index contributed by atoms with van der Waals surface area (Å²) in [5.74, 6) is 0. The molecule has 1 nitrogen and oxygen atoms in total. The Morgan fingerprint density at radius 1 is 1.86 bits per heavy atom. The molecule has 0 rings (SSSR count). The third kappa shape index (κ3) is 3.30. The van der Waals surface area contributed by atoms with Crippen molar-refractivity contribution < 1.29 is 4.48 Å². The Morgan fingerprint density at radius 2 is 2.43 bits per heavy atom. The Morgan fingerprint density at radius 3 is 2.57 bits per heavy atom. The van der Waals surface area contributed by atoms with Crippen molar-refractivity contribution in [3.63, 3.8) is 0 Å². The maximum Gasteiger partial charge on any atom is 0.0496 e. The highest BCUT2D eigenvalue weighted by Gasteiger charge is 1.86. The minimum absolute atomic E-state index is 0.448. The number of nitrogens with zero attached hydrogens (tertiary/aromatic N) is 1. The van der Waals surface area contributed by atoms with Crippen molar-refractivity contribution in [3.8, 4) is 0 Å². The Bertz CT molecular complexity index is 54.0. The lowest BCUT2D eigenvalue weighted by Crippen LogP contribution is -2.03. The van der Waals surface area contributed by atoms with Crippen molar-refractivity contribution in [1.29, 1.82) is 0 Å². The molecular weight excluding hydrogens is 93.1 g/mol. The van der Waals surface area contributed by atoms with Crippen LogP contribution in [0.3, 0.4) is 0 Å². The normalized spacial score (nSPS) is 8.29. The van der Waals surface area contributed by atoms with E-state index in [1.54, 1.807) is 0 Å². The van der Waals surface area contributed by atoms with E-state index in [9.17, 15) is 4.48 Å². The first kappa shape index (κ1) is 6.47. The van der Waals surface area contributed by atoms with Gasteiger partial charge >= 0.3 is 0 Å². The largest absolute Gasteiger partial charge is 0.220 e. The average Bonchev–Trinajstić information content (AvgIpc) is 1.68. The molecule has 0 aromatic carbocycles. The molecule has 0 fully saturated rings. The summed E-state index contributed by atoms with van der Waals surface area (Å²) in [4.78, 5) is 0. The first-order valence-electron chi connectivity index (χ1n) is 2.36. The summed E-state index contributed by atoms with van der Waals surface area (Å²) in [6.07, 6.45) is 1.99. The highest BCUT2D eigenvalue weighted by molar-refractivity contribution is 4.59. The quantitative estimate of drug-likeness (QED) is 0.491. The van der Waals surface area contributed by atoms with Crippen molar-refractivity contribution in [1.82, 2.24) is 5.12 Å². The Labute approximate surface area is 43.4 Å². The van der Waals surface area contributed by atoms with Gasteiger partial charge in [0.2, 0.25) is 0 Å². The molecule has 0 aromatic rings. The fourth-order valence-electron chi connectivity index (χ4n) is 0.305. The van der Waals surface area contributed by atoms with Crippen molar-refractivity contribution in [2.75, 3.05) is 6.54 Å². The van der Waals surface area contributed by atoms with E-state index in [1.165, 1.54) is 6.20 Å². The van der Waals surface area contributed by atoms with Crippen molar-refractivity contribution in [2.24, 2.45) is 0 Å². The van der Waals surface area contributed by atoms with Gasteiger partial charge in [0.25, 0.3) is 0 Å². The SMILES string of the molecule is C=CN(F)CCC. The molecule has 0 spiro atoms. The second-order valence-corrected chi connectivity index (χ2v) is 1.31. The summed E-state index contributed by atoms with van der Waals surface area (Å²) in [6.45, 7) is 5.59. The molecule has 0 amide bonds. The van der Waals surface area contributed by atoms with E-state index in [-0.39, 0.29) is 0 Å². The maximum atomic E-state index is 11.8. The zero-order valence-electron chi connectivity index (χ0n) is 4.52. The number of hydrogen-bond donors (Lipinski definition) is 0. The van der Waals surface area contributed by atoms with E-state index in [4.69, 9.17) is 0 Å². The molecule has 0 heterocycles. The second kappa shape index (κ2) is 3.65. The van der Waals surface area contributed by atoms with Gasteiger partial charge in [-0.2, -0.15) is 0 Å². The molecule has 0 aromatic heterocycles. The first-order valence-corrected chi connectivity index (χ1v) is 2.36. The molecule has 0 aliphatic heterocycles. The van der Waals surface area contributed by atoms with Gasteiger partial charge in [-0.05, 0) is 6.42 Å². The van der Waals surface area contributed by atoms with Crippen LogP contribution in [-0.2, 0) is 0 Å². The number of rotatable bonds is 3. The standard InChI is InChI=1S/C5H10FN/c1-3-5-7(6)4-2/h4H,2-3,5H2,1H3. The third-order valence-corrected chi connectivity index (χ3v) is 0.635. The molecular formula is C5H10FN. The van der Waals surface area contributed by atoms with E-state index >= 15 is 0 Å². The molecule has 0 saturated heterocycles. The average molecular weight is 103 g/mol. The Balaban J connectivity index is 2.98. The van der Waals surface area contributed by atoms with Crippen LogP contribution in [0.4, 0.5) is 4.48 Å².